The van der Waals surface area contributed by atoms with Gasteiger partial charge in [-0.3, -0.25) is 4.79 Å². The number of rotatable bonds is 5. The summed E-state index contributed by atoms with van der Waals surface area (Å²) < 4.78 is 0. The highest BCUT2D eigenvalue weighted by Gasteiger charge is 2.25. The Morgan fingerprint density at radius 2 is 1.61 bits per heavy atom. The molecule has 0 aromatic heterocycles. The Kier molecular flexibility index (Phi) is 5.44. The SMILES string of the molecule is O=C(O)c1ccc(-c2ccc3c(c2)CCN(CCN2CCCCC2)C3=O)cc1. The number of hydrogen-bond acceptors (Lipinski definition) is 3. The van der Waals surface area contributed by atoms with Crippen molar-refractivity contribution in [3.05, 3.63) is 59.2 Å². The largest absolute Gasteiger partial charge is 0.478 e. The van der Waals surface area contributed by atoms with Crippen LogP contribution in [0.15, 0.2) is 42.5 Å². The Morgan fingerprint density at radius 3 is 2.32 bits per heavy atom. The predicted molar refractivity (Wildman–Crippen MR) is 109 cm³/mol. The number of likely N-dealkylation sites (tertiary alicyclic amines) is 1. The lowest BCUT2D eigenvalue weighted by Crippen LogP contribution is -2.43. The molecular weight excluding hydrogens is 352 g/mol. The van der Waals surface area contributed by atoms with E-state index in [1.54, 1.807) is 12.1 Å². The topological polar surface area (TPSA) is 60.9 Å². The monoisotopic (exact) mass is 378 g/mol. The minimum absolute atomic E-state index is 0.131. The van der Waals surface area contributed by atoms with Gasteiger partial charge in [-0.25, -0.2) is 4.79 Å². The van der Waals surface area contributed by atoms with E-state index in [9.17, 15) is 9.59 Å². The van der Waals surface area contributed by atoms with E-state index in [4.69, 9.17) is 5.11 Å². The molecule has 2 heterocycles. The lowest BCUT2D eigenvalue weighted by atomic mass is 9.93. The number of carbonyl (C=O) groups excluding carboxylic acids is 1. The molecule has 1 amide bonds. The van der Waals surface area contributed by atoms with Crippen LogP contribution in [0.25, 0.3) is 11.1 Å². The van der Waals surface area contributed by atoms with Crippen molar-refractivity contribution in [2.45, 2.75) is 25.7 Å². The zero-order chi connectivity index (χ0) is 19.5. The van der Waals surface area contributed by atoms with Gasteiger partial charge in [0, 0.05) is 25.2 Å². The smallest absolute Gasteiger partial charge is 0.335 e. The van der Waals surface area contributed by atoms with E-state index in [1.165, 1.54) is 19.3 Å². The second kappa shape index (κ2) is 8.15. The fourth-order valence-electron chi connectivity index (χ4n) is 4.18. The Labute approximate surface area is 165 Å². The molecule has 0 radical (unpaired) electrons. The summed E-state index contributed by atoms with van der Waals surface area (Å²) in [5, 5.41) is 9.04. The molecule has 0 saturated carbocycles. The number of benzene rings is 2. The van der Waals surface area contributed by atoms with Crippen LogP contribution in [0, 0.1) is 0 Å². The third-order valence-electron chi connectivity index (χ3n) is 5.87. The molecule has 2 aromatic carbocycles. The number of hydrogen-bond donors (Lipinski definition) is 1. The molecule has 2 aromatic rings. The van der Waals surface area contributed by atoms with Crippen molar-refractivity contribution in [1.82, 2.24) is 9.80 Å². The summed E-state index contributed by atoms with van der Waals surface area (Å²) >= 11 is 0. The summed E-state index contributed by atoms with van der Waals surface area (Å²) in [6, 6.07) is 12.8. The van der Waals surface area contributed by atoms with Crippen LogP contribution in [0.1, 0.15) is 45.5 Å². The summed E-state index contributed by atoms with van der Waals surface area (Å²) in [7, 11) is 0. The molecule has 0 unspecified atom stereocenters. The van der Waals surface area contributed by atoms with E-state index < -0.39 is 5.97 Å². The number of amides is 1. The number of carboxylic acids is 1. The van der Waals surface area contributed by atoms with Crippen molar-refractivity contribution >= 4 is 11.9 Å². The minimum atomic E-state index is -0.924. The molecule has 0 aliphatic carbocycles. The first-order valence-corrected chi connectivity index (χ1v) is 10.1. The van der Waals surface area contributed by atoms with Crippen molar-refractivity contribution in [3.8, 4) is 11.1 Å². The molecule has 4 rings (SSSR count). The minimum Gasteiger partial charge on any atom is -0.478 e. The normalized spacial score (nSPS) is 17.4. The molecule has 5 heteroatoms. The van der Waals surface area contributed by atoms with Crippen LogP contribution in [-0.4, -0.2) is 59.5 Å². The van der Waals surface area contributed by atoms with Crippen LogP contribution in [0.5, 0.6) is 0 Å². The van der Waals surface area contributed by atoms with E-state index in [0.29, 0.717) is 0 Å². The van der Waals surface area contributed by atoms with Gasteiger partial charge in [-0.2, -0.15) is 0 Å². The zero-order valence-electron chi connectivity index (χ0n) is 16.1. The average Bonchev–Trinajstić information content (AvgIpc) is 2.74. The molecule has 1 fully saturated rings. The first kappa shape index (κ1) is 18.7. The fraction of sp³-hybridized carbons (Fsp3) is 0.391. The van der Waals surface area contributed by atoms with Crippen LogP contribution < -0.4 is 0 Å². The molecule has 0 bridgehead atoms. The van der Waals surface area contributed by atoms with E-state index in [0.717, 1.165) is 61.4 Å². The van der Waals surface area contributed by atoms with Crippen molar-refractivity contribution < 1.29 is 14.7 Å². The maximum Gasteiger partial charge on any atom is 0.335 e. The molecule has 5 nitrogen and oxygen atoms in total. The first-order valence-electron chi connectivity index (χ1n) is 10.1. The highest BCUT2D eigenvalue weighted by molar-refractivity contribution is 5.97. The summed E-state index contributed by atoms with van der Waals surface area (Å²) in [6.07, 6.45) is 4.73. The summed E-state index contributed by atoms with van der Waals surface area (Å²) in [6.45, 7) is 4.85. The van der Waals surface area contributed by atoms with Gasteiger partial charge in [0.15, 0.2) is 0 Å². The number of carbonyl (C=O) groups is 2. The lowest BCUT2D eigenvalue weighted by Gasteiger charge is -2.32. The molecule has 1 N–H and O–H groups in total. The van der Waals surface area contributed by atoms with E-state index in [-0.39, 0.29) is 11.5 Å². The number of piperidine rings is 1. The predicted octanol–water partition coefficient (Wildman–Crippen LogP) is 3.54. The second-order valence-corrected chi connectivity index (χ2v) is 7.70. The first-order chi connectivity index (χ1) is 13.6. The van der Waals surface area contributed by atoms with Crippen LogP contribution >= 0.6 is 0 Å². The number of fused-ring (bicyclic) bond motifs is 1. The molecule has 2 aliphatic rings. The quantitative estimate of drug-likeness (QED) is 0.865. The maximum absolute atomic E-state index is 12.9. The van der Waals surface area contributed by atoms with Gasteiger partial charge in [0.1, 0.15) is 0 Å². The van der Waals surface area contributed by atoms with Gasteiger partial charge in [-0.05, 0) is 67.2 Å². The van der Waals surface area contributed by atoms with Crippen LogP contribution in [-0.2, 0) is 6.42 Å². The number of aromatic carboxylic acids is 1. The molecular formula is C23H26N2O3. The van der Waals surface area contributed by atoms with Gasteiger partial charge in [-0.15, -0.1) is 0 Å². The summed E-state index contributed by atoms with van der Waals surface area (Å²) in [5.74, 6) is -0.793. The molecule has 2 aliphatic heterocycles. The van der Waals surface area contributed by atoms with Crippen LogP contribution in [0.4, 0.5) is 0 Å². The summed E-state index contributed by atoms with van der Waals surface area (Å²) in [4.78, 5) is 28.4. The number of carboxylic acid groups (broad SMARTS) is 1. The summed E-state index contributed by atoms with van der Waals surface area (Å²) in [5.41, 5.74) is 4.15. The molecule has 0 spiro atoms. The molecule has 146 valence electrons. The standard InChI is InChI=1S/C23H26N2O3/c26-22-21-9-8-19(17-4-6-18(7-5-17)23(27)28)16-20(21)10-13-25(22)15-14-24-11-2-1-3-12-24/h4-9,16H,1-3,10-15H2,(H,27,28). The average molecular weight is 378 g/mol. The van der Waals surface area contributed by atoms with Gasteiger partial charge in [-0.1, -0.05) is 30.7 Å². The lowest BCUT2D eigenvalue weighted by molar-refractivity contribution is 0.0693. The third-order valence-corrected chi connectivity index (χ3v) is 5.87. The van der Waals surface area contributed by atoms with Gasteiger partial charge >= 0.3 is 5.97 Å². The highest BCUT2D eigenvalue weighted by Crippen LogP contribution is 2.27. The van der Waals surface area contributed by atoms with Gasteiger partial charge in [0.05, 0.1) is 5.56 Å². The van der Waals surface area contributed by atoms with Crippen molar-refractivity contribution in [3.63, 3.8) is 0 Å². The fourth-order valence-corrected chi connectivity index (χ4v) is 4.18. The zero-order valence-corrected chi connectivity index (χ0v) is 16.1. The Hall–Kier alpha value is -2.66. The molecule has 28 heavy (non-hydrogen) atoms. The third kappa shape index (κ3) is 3.94. The van der Waals surface area contributed by atoms with Gasteiger partial charge in [0.2, 0.25) is 0 Å². The molecule has 1 saturated heterocycles. The number of nitrogens with zero attached hydrogens (tertiary/aromatic N) is 2. The van der Waals surface area contributed by atoms with Crippen molar-refractivity contribution in [2.75, 3.05) is 32.7 Å². The van der Waals surface area contributed by atoms with Gasteiger partial charge in [0.25, 0.3) is 5.91 Å². The highest BCUT2D eigenvalue weighted by atomic mass is 16.4. The van der Waals surface area contributed by atoms with Gasteiger partial charge < -0.3 is 14.9 Å². The van der Waals surface area contributed by atoms with Crippen LogP contribution in [0.2, 0.25) is 0 Å². The van der Waals surface area contributed by atoms with Crippen LogP contribution in [0.3, 0.4) is 0 Å². The van der Waals surface area contributed by atoms with E-state index in [1.807, 2.05) is 29.2 Å². The Morgan fingerprint density at radius 1 is 0.893 bits per heavy atom. The Balaban J connectivity index is 1.45. The van der Waals surface area contributed by atoms with Crippen molar-refractivity contribution in [2.24, 2.45) is 0 Å². The van der Waals surface area contributed by atoms with Crippen molar-refractivity contribution in [1.29, 1.82) is 0 Å². The Bertz CT molecular complexity index is 870. The maximum atomic E-state index is 12.9. The van der Waals surface area contributed by atoms with E-state index in [2.05, 4.69) is 11.0 Å². The molecule has 0 atom stereocenters. The second-order valence-electron chi connectivity index (χ2n) is 7.70. The van der Waals surface area contributed by atoms with E-state index >= 15 is 0 Å².